The first-order valence-corrected chi connectivity index (χ1v) is 28.1. The Labute approximate surface area is 442 Å². The van der Waals surface area contributed by atoms with Gasteiger partial charge in [0.15, 0.2) is 0 Å². The van der Waals surface area contributed by atoms with Crippen LogP contribution in [0.4, 0.5) is 0 Å². The van der Waals surface area contributed by atoms with Gasteiger partial charge in [0.1, 0.15) is 0 Å². The van der Waals surface area contributed by atoms with Gasteiger partial charge in [0.05, 0.1) is 12.2 Å². The van der Waals surface area contributed by atoms with Crippen molar-refractivity contribution < 1.29 is 4.74 Å². The Hall–Kier alpha value is -0.440. The van der Waals surface area contributed by atoms with Gasteiger partial charge in [-0.25, -0.2) is 0 Å². The van der Waals surface area contributed by atoms with E-state index in [1.807, 2.05) is 14.1 Å². The topological polar surface area (TPSA) is 50.4 Å². The van der Waals surface area contributed by atoms with E-state index in [1.165, 1.54) is 90.8 Å². The zero-order valence-electron chi connectivity index (χ0n) is 54.0. The van der Waals surface area contributed by atoms with Gasteiger partial charge >= 0.3 is 0 Å². The van der Waals surface area contributed by atoms with Crippen LogP contribution in [-0.4, -0.2) is 247 Å². The number of nitrogens with zero attached hydrogens (tertiary/aromatic N) is 9. The van der Waals surface area contributed by atoms with Crippen LogP contribution in [0.5, 0.6) is 0 Å². The Morgan fingerprint density at radius 3 is 1.20 bits per heavy atom. The summed E-state index contributed by atoms with van der Waals surface area (Å²) < 4.78 is 5.50. The minimum Gasteiger partial charge on any atom is -0.375 e. The van der Waals surface area contributed by atoms with Crippen LogP contribution in [0.3, 0.4) is 0 Å². The highest BCUT2D eigenvalue weighted by Gasteiger charge is 2.49. The van der Waals surface area contributed by atoms with Crippen LogP contribution >= 0.6 is 0 Å². The molecule has 2 saturated carbocycles. The van der Waals surface area contributed by atoms with Gasteiger partial charge in [-0.05, 0) is 278 Å². The summed E-state index contributed by atoms with van der Waals surface area (Å²) in [5.41, 5.74) is 1.91. The molecule has 3 fully saturated rings. The predicted molar refractivity (Wildman–Crippen MR) is 316 cm³/mol. The third kappa shape index (κ3) is 40.9. The fourth-order valence-electron chi connectivity index (χ4n) is 7.40. The van der Waals surface area contributed by atoms with Crippen LogP contribution in [0, 0.1) is 11.3 Å². The zero-order chi connectivity index (χ0) is 55.6. The van der Waals surface area contributed by atoms with Gasteiger partial charge in [0.25, 0.3) is 0 Å². The molecule has 11 heteroatoms. The van der Waals surface area contributed by atoms with Crippen LogP contribution in [0.2, 0.25) is 0 Å². The van der Waals surface area contributed by atoms with E-state index in [-0.39, 0.29) is 11.1 Å². The summed E-state index contributed by atoms with van der Waals surface area (Å²) in [6.45, 7) is 55.2. The number of likely N-dealkylation sites (N-methyl/N-ethyl adjacent to an activating group) is 7. The van der Waals surface area contributed by atoms with E-state index in [0.717, 1.165) is 38.2 Å². The molecule has 0 aromatic carbocycles. The fourth-order valence-corrected chi connectivity index (χ4v) is 7.40. The first-order chi connectivity index (χ1) is 31.5. The van der Waals surface area contributed by atoms with E-state index in [4.69, 9.17) is 4.74 Å². The first kappa shape index (κ1) is 73.8. The molecule has 0 aromatic rings. The van der Waals surface area contributed by atoms with Gasteiger partial charge in [0.2, 0.25) is 0 Å². The molecule has 0 radical (unpaired) electrons. The molecule has 0 spiro atoms. The lowest BCUT2D eigenvalue weighted by Gasteiger charge is -2.40. The molecule has 0 amide bonds. The Bertz CT molecular complexity index is 1200. The number of piperidine rings is 1. The van der Waals surface area contributed by atoms with Crippen molar-refractivity contribution in [1.29, 1.82) is 0 Å². The Morgan fingerprint density at radius 1 is 0.486 bits per heavy atom. The fraction of sp³-hybridized carbons (Fsp3) is 1.00. The van der Waals surface area contributed by atoms with E-state index in [9.17, 15) is 0 Å². The minimum atomic E-state index is 0.00993. The van der Waals surface area contributed by atoms with Gasteiger partial charge in [-0.2, -0.15) is 0 Å². The molecular formula is C59H134N10O. The number of nitrogens with one attached hydrogen (secondary N) is 1. The van der Waals surface area contributed by atoms with Gasteiger partial charge in [0, 0.05) is 79.5 Å². The lowest BCUT2D eigenvalue weighted by molar-refractivity contribution is -0.00871. The SMILES string of the molecule is CC(C)(C)C1CCNCC1.CC(C)N(C)CCCN(C)C.CC(C)N(C)CCN(C)C(C)(C)C.CN(C)CC1(N(C)C(C)(C)C)CC1.CN(C)CCOC(C)(C)C.CN(CCN(C)C(C)(C)C)C1CC1. The third-order valence-corrected chi connectivity index (χ3v) is 14.7. The highest BCUT2D eigenvalue weighted by molar-refractivity contribution is 5.07. The molecule has 0 atom stereocenters. The second-order valence-corrected chi connectivity index (χ2v) is 28.0. The summed E-state index contributed by atoms with van der Waals surface area (Å²) in [7, 11) is 25.9. The molecule has 1 saturated heterocycles. The van der Waals surface area contributed by atoms with Crippen LogP contribution in [0.15, 0.2) is 0 Å². The lowest BCUT2D eigenvalue weighted by Crippen LogP contribution is -2.51. The highest BCUT2D eigenvalue weighted by Crippen LogP contribution is 2.44. The molecule has 1 N–H and O–H groups in total. The molecule has 3 rings (SSSR count). The van der Waals surface area contributed by atoms with Crippen molar-refractivity contribution in [3.8, 4) is 0 Å². The summed E-state index contributed by atoms with van der Waals surface area (Å²) in [6, 6.07) is 2.22. The molecular weight excluding hydrogens is 865 g/mol. The number of hydrogen-bond acceptors (Lipinski definition) is 11. The molecule has 11 nitrogen and oxygen atoms in total. The molecule has 70 heavy (non-hydrogen) atoms. The van der Waals surface area contributed by atoms with Gasteiger partial charge in [-0.1, -0.05) is 20.8 Å². The number of ether oxygens (including phenoxy) is 1. The molecule has 1 aliphatic heterocycles. The molecule has 0 unspecified atom stereocenters. The van der Waals surface area contributed by atoms with E-state index < -0.39 is 0 Å². The Morgan fingerprint density at radius 2 is 0.900 bits per heavy atom. The van der Waals surface area contributed by atoms with Gasteiger partial charge in [-0.15, -0.1) is 0 Å². The Balaban J connectivity index is -0.000000772. The third-order valence-electron chi connectivity index (χ3n) is 14.7. The maximum Gasteiger partial charge on any atom is 0.0600 e. The van der Waals surface area contributed by atoms with Crippen molar-refractivity contribution in [2.24, 2.45) is 11.3 Å². The monoisotopic (exact) mass is 999 g/mol. The average Bonchev–Trinajstić information content (AvgIpc) is 4.15. The molecule has 426 valence electrons. The van der Waals surface area contributed by atoms with Crippen molar-refractivity contribution in [3.05, 3.63) is 0 Å². The summed E-state index contributed by atoms with van der Waals surface area (Å²) >= 11 is 0. The van der Waals surface area contributed by atoms with Gasteiger partial charge in [-0.3, -0.25) is 4.90 Å². The maximum absolute atomic E-state index is 5.50. The van der Waals surface area contributed by atoms with Crippen LogP contribution in [0.1, 0.15) is 176 Å². The normalized spacial score (nSPS) is 16.9. The smallest absolute Gasteiger partial charge is 0.0600 e. The van der Waals surface area contributed by atoms with Crippen molar-refractivity contribution >= 4 is 0 Å². The Kier molecular flexibility index (Phi) is 36.9. The molecule has 1 heterocycles. The maximum atomic E-state index is 5.50. The van der Waals surface area contributed by atoms with E-state index in [2.05, 4.69) is 251 Å². The lowest BCUT2D eigenvalue weighted by atomic mass is 9.76. The van der Waals surface area contributed by atoms with Crippen molar-refractivity contribution in [2.45, 2.75) is 222 Å². The van der Waals surface area contributed by atoms with Crippen molar-refractivity contribution in [1.82, 2.24) is 49.4 Å². The summed E-state index contributed by atoms with van der Waals surface area (Å²) in [4.78, 5) is 21.3. The second kappa shape index (κ2) is 35.0. The highest BCUT2D eigenvalue weighted by atomic mass is 16.5. The zero-order valence-corrected chi connectivity index (χ0v) is 54.0. The van der Waals surface area contributed by atoms with Crippen molar-refractivity contribution in [2.75, 3.05) is 157 Å². The largest absolute Gasteiger partial charge is 0.375 e. The van der Waals surface area contributed by atoms with E-state index in [1.54, 1.807) is 0 Å². The molecule has 0 aromatic heterocycles. The quantitative estimate of drug-likeness (QED) is 0.135. The standard InChI is InChI=1S/2C11H24N2.C11H26N2.C9H22N2.C9H19N.C8H19NO/c1-10(2,3)13(6)11(7-8-11)9-12(4)5;1-11(2,3)13(5)9-8-12(4)10-6-7-10;1-10(2)12(6)8-9-13(7)11(3,4)5;1-9(2)11(5)8-6-7-10(3)4;1-9(2,3)8-4-6-10-7-5-8;1-8(2,3)10-7-6-9(4)5/h7-9H2,1-6H3;10H,6-9H2,1-5H3;10H,8-9H2,1-7H3;9H,6-8H2,1-5H3;8,10H,4-7H2,1-3H3;6-7H2,1-5H3. The van der Waals surface area contributed by atoms with Crippen LogP contribution < -0.4 is 5.32 Å². The van der Waals surface area contributed by atoms with Gasteiger partial charge < -0.3 is 49.3 Å². The molecule has 2 aliphatic carbocycles. The predicted octanol–water partition coefficient (Wildman–Crippen LogP) is 10.4. The second-order valence-electron chi connectivity index (χ2n) is 28.0. The minimum absolute atomic E-state index is 0.00993. The number of hydrogen-bond donors (Lipinski definition) is 1. The van der Waals surface area contributed by atoms with E-state index >= 15 is 0 Å². The number of rotatable bonds is 19. The summed E-state index contributed by atoms with van der Waals surface area (Å²) in [5, 5.41) is 3.39. The average molecular weight is 1000 g/mol. The summed E-state index contributed by atoms with van der Waals surface area (Å²) in [5.74, 6) is 0.939. The van der Waals surface area contributed by atoms with Crippen LogP contribution in [-0.2, 0) is 4.74 Å². The van der Waals surface area contributed by atoms with E-state index in [0.29, 0.717) is 34.1 Å². The van der Waals surface area contributed by atoms with Crippen molar-refractivity contribution in [3.63, 3.8) is 0 Å². The molecule has 3 aliphatic rings. The van der Waals surface area contributed by atoms with Crippen LogP contribution in [0.25, 0.3) is 0 Å². The molecule has 0 bridgehead atoms. The first-order valence-electron chi connectivity index (χ1n) is 28.1. The summed E-state index contributed by atoms with van der Waals surface area (Å²) in [6.07, 6.45) is 9.54.